The van der Waals surface area contributed by atoms with Crippen molar-refractivity contribution in [2.75, 3.05) is 6.54 Å². The first-order valence-electron chi connectivity index (χ1n) is 7.12. The first-order valence-corrected chi connectivity index (χ1v) is 7.12. The molecule has 0 radical (unpaired) electrons. The molecule has 1 aromatic rings. The van der Waals surface area contributed by atoms with Crippen molar-refractivity contribution >= 4 is 11.9 Å². The molecule has 0 heterocycles. The Labute approximate surface area is 130 Å². The Bertz CT molecular complexity index is 588. The summed E-state index contributed by atoms with van der Waals surface area (Å²) in [5.74, 6) is -2.22. The monoisotopic (exact) mass is 331 g/mol. The summed E-state index contributed by atoms with van der Waals surface area (Å²) in [6.07, 6.45) is -4.06. The van der Waals surface area contributed by atoms with Gasteiger partial charge in [-0.3, -0.25) is 9.59 Å². The van der Waals surface area contributed by atoms with Gasteiger partial charge >= 0.3 is 12.3 Å². The minimum atomic E-state index is -4.78. The van der Waals surface area contributed by atoms with Crippen molar-refractivity contribution in [3.63, 3.8) is 0 Å². The first-order chi connectivity index (χ1) is 10.8. The summed E-state index contributed by atoms with van der Waals surface area (Å²) in [5, 5.41) is 11.1. The van der Waals surface area contributed by atoms with Crippen LogP contribution in [0.15, 0.2) is 24.3 Å². The molecule has 1 fully saturated rings. The van der Waals surface area contributed by atoms with Crippen LogP contribution in [-0.2, 0) is 9.59 Å². The summed E-state index contributed by atoms with van der Waals surface area (Å²) in [7, 11) is 0. The molecule has 1 aromatic carbocycles. The number of carboxylic acid groups (broad SMARTS) is 1. The molecule has 0 spiro atoms. The molecule has 1 aliphatic carbocycles. The molecule has 0 saturated heterocycles. The third kappa shape index (κ3) is 5.15. The fraction of sp³-hybridized carbons (Fsp3) is 0.467. The molecular formula is C15H16F3NO4. The Balaban J connectivity index is 1.90. The molecule has 2 rings (SSSR count). The standard InChI is InChI=1S/C15H16F3NO4/c16-15(17,18)23-12-5-2-1-4-9(12)10-8-11(10)14(22)19-7-3-6-13(20)21/h1-2,4-5,10-11H,3,6-8H2,(H,19,22)(H,20,21)/t10-,11-/m1/s1. The quantitative estimate of drug-likeness (QED) is 0.753. The van der Waals surface area contributed by atoms with E-state index in [-0.39, 0.29) is 30.5 Å². The number of aliphatic carboxylic acids is 1. The van der Waals surface area contributed by atoms with Crippen molar-refractivity contribution in [3.8, 4) is 5.75 Å². The molecule has 8 heteroatoms. The fourth-order valence-electron chi connectivity index (χ4n) is 2.42. The summed E-state index contributed by atoms with van der Waals surface area (Å²) in [6, 6.07) is 5.78. The highest BCUT2D eigenvalue weighted by atomic mass is 19.4. The van der Waals surface area contributed by atoms with Crippen LogP contribution in [0.1, 0.15) is 30.7 Å². The van der Waals surface area contributed by atoms with Crippen molar-refractivity contribution in [2.24, 2.45) is 5.92 Å². The highest BCUT2D eigenvalue weighted by Gasteiger charge is 2.46. The van der Waals surface area contributed by atoms with Gasteiger partial charge in [-0.1, -0.05) is 18.2 Å². The molecule has 0 bridgehead atoms. The van der Waals surface area contributed by atoms with Gasteiger partial charge in [0.1, 0.15) is 5.75 Å². The largest absolute Gasteiger partial charge is 0.573 e. The predicted octanol–water partition coefficient (Wildman–Crippen LogP) is 2.67. The number of carbonyl (C=O) groups excluding carboxylic acids is 1. The van der Waals surface area contributed by atoms with Gasteiger partial charge in [0.2, 0.25) is 5.91 Å². The van der Waals surface area contributed by atoms with Crippen LogP contribution in [0.4, 0.5) is 13.2 Å². The highest BCUT2D eigenvalue weighted by Crippen LogP contribution is 2.50. The summed E-state index contributed by atoms with van der Waals surface area (Å²) < 4.78 is 41.1. The predicted molar refractivity (Wildman–Crippen MR) is 73.9 cm³/mol. The minimum Gasteiger partial charge on any atom is -0.481 e. The Morgan fingerprint density at radius 2 is 2.00 bits per heavy atom. The molecule has 126 valence electrons. The van der Waals surface area contributed by atoms with Crippen LogP contribution in [0.5, 0.6) is 5.75 Å². The van der Waals surface area contributed by atoms with Crippen molar-refractivity contribution in [3.05, 3.63) is 29.8 Å². The van der Waals surface area contributed by atoms with Gasteiger partial charge in [0.25, 0.3) is 0 Å². The van der Waals surface area contributed by atoms with Gasteiger partial charge in [-0.15, -0.1) is 13.2 Å². The number of alkyl halides is 3. The molecule has 2 atom stereocenters. The van der Waals surface area contributed by atoms with E-state index in [9.17, 15) is 22.8 Å². The number of hydrogen-bond donors (Lipinski definition) is 2. The second-order valence-corrected chi connectivity index (χ2v) is 5.32. The van der Waals surface area contributed by atoms with Crippen LogP contribution in [-0.4, -0.2) is 29.9 Å². The number of carbonyl (C=O) groups is 2. The second-order valence-electron chi connectivity index (χ2n) is 5.32. The van der Waals surface area contributed by atoms with Crippen LogP contribution < -0.4 is 10.1 Å². The van der Waals surface area contributed by atoms with E-state index in [0.29, 0.717) is 18.4 Å². The average Bonchev–Trinajstić information content (AvgIpc) is 3.22. The molecule has 23 heavy (non-hydrogen) atoms. The van der Waals surface area contributed by atoms with E-state index >= 15 is 0 Å². The topological polar surface area (TPSA) is 75.6 Å². The zero-order valence-corrected chi connectivity index (χ0v) is 12.1. The lowest BCUT2D eigenvalue weighted by Crippen LogP contribution is -2.26. The summed E-state index contributed by atoms with van der Waals surface area (Å²) in [4.78, 5) is 22.3. The van der Waals surface area contributed by atoms with Crippen molar-refractivity contribution in [1.29, 1.82) is 0 Å². The number of amides is 1. The van der Waals surface area contributed by atoms with E-state index in [1.54, 1.807) is 6.07 Å². The number of nitrogens with one attached hydrogen (secondary N) is 1. The molecule has 5 nitrogen and oxygen atoms in total. The molecule has 1 saturated carbocycles. The van der Waals surface area contributed by atoms with Crippen molar-refractivity contribution in [1.82, 2.24) is 5.32 Å². The number of carboxylic acids is 1. The van der Waals surface area contributed by atoms with Gasteiger partial charge < -0.3 is 15.2 Å². The molecular weight excluding hydrogens is 315 g/mol. The summed E-state index contributed by atoms with van der Waals surface area (Å²) >= 11 is 0. The van der Waals surface area contributed by atoms with Crippen LogP contribution in [0.3, 0.4) is 0 Å². The van der Waals surface area contributed by atoms with Gasteiger partial charge in [-0.2, -0.15) is 0 Å². The number of ether oxygens (including phenoxy) is 1. The maximum Gasteiger partial charge on any atom is 0.573 e. The second kappa shape index (κ2) is 6.89. The number of rotatable bonds is 7. The summed E-state index contributed by atoms with van der Waals surface area (Å²) in [5.41, 5.74) is 0.357. The van der Waals surface area contributed by atoms with E-state index in [1.165, 1.54) is 18.2 Å². The lowest BCUT2D eigenvalue weighted by molar-refractivity contribution is -0.274. The third-order valence-corrected chi connectivity index (χ3v) is 3.54. The molecule has 0 aliphatic heterocycles. The third-order valence-electron chi connectivity index (χ3n) is 3.54. The normalized spacial score (nSPS) is 20.0. The lowest BCUT2D eigenvalue weighted by atomic mass is 10.1. The van der Waals surface area contributed by atoms with E-state index in [2.05, 4.69) is 10.1 Å². The van der Waals surface area contributed by atoms with E-state index in [1.807, 2.05) is 0 Å². The van der Waals surface area contributed by atoms with Crippen LogP contribution in [0.25, 0.3) is 0 Å². The Morgan fingerprint density at radius 3 is 2.65 bits per heavy atom. The Hall–Kier alpha value is -2.25. The maximum absolute atomic E-state index is 12.4. The van der Waals surface area contributed by atoms with Gasteiger partial charge in [-0.05, 0) is 30.4 Å². The molecule has 1 aliphatic rings. The Morgan fingerprint density at radius 1 is 1.30 bits per heavy atom. The zero-order chi connectivity index (χ0) is 17.0. The van der Waals surface area contributed by atoms with Crippen molar-refractivity contribution < 1.29 is 32.6 Å². The fourth-order valence-corrected chi connectivity index (χ4v) is 2.42. The minimum absolute atomic E-state index is 0.0450. The molecule has 0 aromatic heterocycles. The van der Waals surface area contributed by atoms with Gasteiger partial charge in [0, 0.05) is 18.9 Å². The maximum atomic E-state index is 12.4. The highest BCUT2D eigenvalue weighted by molar-refractivity contribution is 5.83. The lowest BCUT2D eigenvalue weighted by Gasteiger charge is -2.13. The number of benzene rings is 1. The molecule has 2 N–H and O–H groups in total. The van der Waals surface area contributed by atoms with Crippen LogP contribution in [0, 0.1) is 5.92 Å². The SMILES string of the molecule is O=C(O)CCCNC(=O)[C@@H]1C[C@@H]1c1ccccc1OC(F)(F)F. The molecule has 0 unspecified atom stereocenters. The summed E-state index contributed by atoms with van der Waals surface area (Å²) in [6.45, 7) is 0.231. The average molecular weight is 331 g/mol. The first kappa shape index (κ1) is 17.1. The number of para-hydroxylation sites is 1. The van der Waals surface area contributed by atoms with E-state index in [0.717, 1.165) is 0 Å². The van der Waals surface area contributed by atoms with Gasteiger partial charge in [0.05, 0.1) is 0 Å². The zero-order valence-electron chi connectivity index (χ0n) is 12.1. The van der Waals surface area contributed by atoms with Gasteiger partial charge in [-0.25, -0.2) is 0 Å². The number of halogens is 3. The van der Waals surface area contributed by atoms with E-state index < -0.39 is 18.2 Å². The smallest absolute Gasteiger partial charge is 0.481 e. The van der Waals surface area contributed by atoms with Gasteiger partial charge in [0.15, 0.2) is 0 Å². The molecule has 1 amide bonds. The van der Waals surface area contributed by atoms with Crippen LogP contribution in [0.2, 0.25) is 0 Å². The Kier molecular flexibility index (Phi) is 5.12. The van der Waals surface area contributed by atoms with Crippen LogP contribution >= 0.6 is 0 Å². The number of hydrogen-bond acceptors (Lipinski definition) is 3. The van der Waals surface area contributed by atoms with Crippen molar-refractivity contribution in [2.45, 2.75) is 31.5 Å². The van der Waals surface area contributed by atoms with E-state index in [4.69, 9.17) is 5.11 Å².